The number of rotatable bonds is 3. The van der Waals surface area contributed by atoms with Gasteiger partial charge < -0.3 is 14.6 Å². The quantitative estimate of drug-likeness (QED) is 0.907. The molecule has 1 aromatic rings. The molecule has 0 unspecified atom stereocenters. The molecule has 0 aromatic heterocycles. The average molecular weight is 261 g/mol. The standard InChI is InChI=1S/C15H19NO3/c1-18-13-4-3-11(9-14(13)19-2)15(10-16)7-5-12(17)6-8-15/h3-4,9,12,17H,5-8H2,1-2H3. The van der Waals surface area contributed by atoms with E-state index in [9.17, 15) is 10.4 Å². The van der Waals surface area contributed by atoms with Crippen molar-refractivity contribution in [1.29, 1.82) is 5.26 Å². The highest BCUT2D eigenvalue weighted by atomic mass is 16.5. The number of benzene rings is 1. The summed E-state index contributed by atoms with van der Waals surface area (Å²) in [5, 5.41) is 19.2. The van der Waals surface area contributed by atoms with Crippen LogP contribution >= 0.6 is 0 Å². The lowest BCUT2D eigenvalue weighted by molar-refractivity contribution is 0.109. The molecule has 0 saturated heterocycles. The highest BCUT2D eigenvalue weighted by Gasteiger charge is 2.37. The van der Waals surface area contributed by atoms with Crippen molar-refractivity contribution in [1.82, 2.24) is 0 Å². The van der Waals surface area contributed by atoms with Crippen LogP contribution in [-0.2, 0) is 5.41 Å². The number of nitriles is 1. The summed E-state index contributed by atoms with van der Waals surface area (Å²) < 4.78 is 10.5. The Morgan fingerprint density at radius 2 is 1.84 bits per heavy atom. The summed E-state index contributed by atoms with van der Waals surface area (Å²) in [5.74, 6) is 1.30. The van der Waals surface area contributed by atoms with E-state index in [0.29, 0.717) is 37.2 Å². The van der Waals surface area contributed by atoms with Gasteiger partial charge in [0.2, 0.25) is 0 Å². The molecule has 0 radical (unpaired) electrons. The lowest BCUT2D eigenvalue weighted by atomic mass is 9.70. The van der Waals surface area contributed by atoms with Gasteiger partial charge in [0, 0.05) is 0 Å². The van der Waals surface area contributed by atoms with Crippen molar-refractivity contribution in [2.45, 2.75) is 37.2 Å². The molecule has 1 aromatic carbocycles. The molecule has 4 heteroatoms. The van der Waals surface area contributed by atoms with Crippen LogP contribution in [0.1, 0.15) is 31.2 Å². The summed E-state index contributed by atoms with van der Waals surface area (Å²) in [6, 6.07) is 8.06. The van der Waals surface area contributed by atoms with Gasteiger partial charge in [0.25, 0.3) is 0 Å². The third kappa shape index (κ3) is 2.52. The smallest absolute Gasteiger partial charge is 0.161 e. The minimum absolute atomic E-state index is 0.276. The van der Waals surface area contributed by atoms with Crippen molar-refractivity contribution in [2.24, 2.45) is 0 Å². The maximum atomic E-state index is 9.61. The SMILES string of the molecule is COc1ccc(C2(C#N)CCC(O)CC2)cc1OC. The summed E-state index contributed by atoms with van der Waals surface area (Å²) in [7, 11) is 3.18. The minimum atomic E-state index is -0.515. The molecule has 1 aliphatic carbocycles. The van der Waals surface area contributed by atoms with Crippen molar-refractivity contribution in [3.63, 3.8) is 0 Å². The van der Waals surface area contributed by atoms with Gasteiger partial charge in [-0.1, -0.05) is 6.07 Å². The molecule has 4 nitrogen and oxygen atoms in total. The summed E-state index contributed by atoms with van der Waals surface area (Å²) in [4.78, 5) is 0. The first-order valence-corrected chi connectivity index (χ1v) is 6.47. The zero-order valence-electron chi connectivity index (χ0n) is 11.3. The fraction of sp³-hybridized carbons (Fsp3) is 0.533. The van der Waals surface area contributed by atoms with E-state index in [0.717, 1.165) is 5.56 Å². The lowest BCUT2D eigenvalue weighted by Gasteiger charge is -2.33. The molecule has 0 spiro atoms. The Bertz CT molecular complexity index is 485. The molecule has 0 bridgehead atoms. The second-order valence-corrected chi connectivity index (χ2v) is 4.99. The number of nitrogens with zero attached hydrogens (tertiary/aromatic N) is 1. The van der Waals surface area contributed by atoms with E-state index in [1.165, 1.54) is 0 Å². The predicted octanol–water partition coefficient (Wildman–Crippen LogP) is 2.40. The predicted molar refractivity (Wildman–Crippen MR) is 71.3 cm³/mol. The molecule has 1 N–H and O–H groups in total. The minimum Gasteiger partial charge on any atom is -0.493 e. The number of hydrogen-bond donors (Lipinski definition) is 1. The molecular formula is C15H19NO3. The van der Waals surface area contributed by atoms with Gasteiger partial charge in [0.15, 0.2) is 11.5 Å². The Labute approximate surface area is 113 Å². The first-order chi connectivity index (χ1) is 9.15. The van der Waals surface area contributed by atoms with Gasteiger partial charge in [-0.2, -0.15) is 5.26 Å². The fourth-order valence-electron chi connectivity index (χ4n) is 2.69. The summed E-state index contributed by atoms with van der Waals surface area (Å²) in [5.41, 5.74) is 0.429. The Kier molecular flexibility index (Phi) is 3.96. The molecule has 102 valence electrons. The number of hydrogen-bond acceptors (Lipinski definition) is 4. The fourth-order valence-corrected chi connectivity index (χ4v) is 2.69. The molecule has 1 aliphatic rings. The monoisotopic (exact) mass is 261 g/mol. The van der Waals surface area contributed by atoms with Crippen molar-refractivity contribution >= 4 is 0 Å². The van der Waals surface area contributed by atoms with E-state index < -0.39 is 5.41 Å². The lowest BCUT2D eigenvalue weighted by Crippen LogP contribution is -2.32. The van der Waals surface area contributed by atoms with Crippen LogP contribution in [-0.4, -0.2) is 25.4 Å². The normalized spacial score (nSPS) is 26.5. The molecule has 1 saturated carbocycles. The van der Waals surface area contributed by atoms with Gasteiger partial charge in [0.1, 0.15) is 0 Å². The Hall–Kier alpha value is -1.73. The van der Waals surface area contributed by atoms with E-state index in [1.54, 1.807) is 14.2 Å². The van der Waals surface area contributed by atoms with E-state index in [1.807, 2.05) is 18.2 Å². The Morgan fingerprint density at radius 3 is 2.37 bits per heavy atom. The number of methoxy groups -OCH3 is 2. The largest absolute Gasteiger partial charge is 0.493 e. The Morgan fingerprint density at radius 1 is 1.21 bits per heavy atom. The summed E-state index contributed by atoms with van der Waals surface area (Å²) in [6.45, 7) is 0. The third-order valence-electron chi connectivity index (χ3n) is 3.96. The van der Waals surface area contributed by atoms with Crippen molar-refractivity contribution < 1.29 is 14.6 Å². The van der Waals surface area contributed by atoms with Gasteiger partial charge in [0.05, 0.1) is 31.8 Å². The van der Waals surface area contributed by atoms with E-state index in [4.69, 9.17) is 9.47 Å². The van der Waals surface area contributed by atoms with Crippen LogP contribution in [0.4, 0.5) is 0 Å². The molecule has 2 rings (SSSR count). The molecular weight excluding hydrogens is 242 g/mol. The van der Waals surface area contributed by atoms with Crippen LogP contribution in [0.25, 0.3) is 0 Å². The molecule has 0 atom stereocenters. The van der Waals surface area contributed by atoms with Crippen LogP contribution in [0.2, 0.25) is 0 Å². The van der Waals surface area contributed by atoms with Crippen LogP contribution < -0.4 is 9.47 Å². The van der Waals surface area contributed by atoms with Gasteiger partial charge in [-0.15, -0.1) is 0 Å². The van der Waals surface area contributed by atoms with E-state index >= 15 is 0 Å². The highest BCUT2D eigenvalue weighted by Crippen LogP contribution is 2.41. The van der Waals surface area contributed by atoms with Crippen LogP contribution in [0.15, 0.2) is 18.2 Å². The number of ether oxygens (including phenoxy) is 2. The second-order valence-electron chi connectivity index (χ2n) is 4.99. The molecule has 0 heterocycles. The topological polar surface area (TPSA) is 62.5 Å². The summed E-state index contributed by atoms with van der Waals surface area (Å²) in [6.07, 6.45) is 2.42. The molecule has 0 amide bonds. The van der Waals surface area contributed by atoms with Gasteiger partial charge >= 0.3 is 0 Å². The second kappa shape index (κ2) is 5.50. The van der Waals surface area contributed by atoms with E-state index in [-0.39, 0.29) is 6.10 Å². The third-order valence-corrected chi connectivity index (χ3v) is 3.96. The van der Waals surface area contributed by atoms with Gasteiger partial charge in [-0.05, 0) is 43.4 Å². The molecule has 19 heavy (non-hydrogen) atoms. The zero-order valence-corrected chi connectivity index (χ0v) is 11.3. The highest BCUT2D eigenvalue weighted by molar-refractivity contribution is 5.47. The first kappa shape index (κ1) is 13.7. The summed E-state index contributed by atoms with van der Waals surface area (Å²) >= 11 is 0. The number of aliphatic hydroxyl groups excluding tert-OH is 1. The Balaban J connectivity index is 2.37. The van der Waals surface area contributed by atoms with Crippen molar-refractivity contribution in [2.75, 3.05) is 14.2 Å². The van der Waals surface area contributed by atoms with Crippen molar-refractivity contribution in [3.8, 4) is 17.6 Å². The zero-order chi connectivity index (χ0) is 13.9. The van der Waals surface area contributed by atoms with Gasteiger partial charge in [-0.25, -0.2) is 0 Å². The molecule has 1 fully saturated rings. The molecule has 0 aliphatic heterocycles. The first-order valence-electron chi connectivity index (χ1n) is 6.47. The van der Waals surface area contributed by atoms with E-state index in [2.05, 4.69) is 6.07 Å². The number of aliphatic hydroxyl groups is 1. The van der Waals surface area contributed by atoms with Crippen molar-refractivity contribution in [3.05, 3.63) is 23.8 Å². The maximum absolute atomic E-state index is 9.61. The van der Waals surface area contributed by atoms with Gasteiger partial charge in [-0.3, -0.25) is 0 Å². The van der Waals surface area contributed by atoms with Crippen LogP contribution in [0.3, 0.4) is 0 Å². The van der Waals surface area contributed by atoms with Crippen LogP contribution in [0, 0.1) is 11.3 Å². The van der Waals surface area contributed by atoms with Crippen LogP contribution in [0.5, 0.6) is 11.5 Å². The average Bonchev–Trinajstić information content (AvgIpc) is 2.47. The maximum Gasteiger partial charge on any atom is 0.161 e.